The Balaban J connectivity index is 1.77. The zero-order valence-corrected chi connectivity index (χ0v) is 19.4. The van der Waals surface area contributed by atoms with Crippen molar-refractivity contribution in [3.8, 4) is 0 Å². The first kappa shape index (κ1) is 24.2. The molecule has 182 valence electrons. The second-order valence-corrected chi connectivity index (χ2v) is 9.72. The van der Waals surface area contributed by atoms with E-state index in [0.717, 1.165) is 24.3 Å². The Kier molecular flexibility index (Phi) is 6.48. The third-order valence-corrected chi connectivity index (χ3v) is 6.48. The van der Waals surface area contributed by atoms with Crippen LogP contribution in [0.15, 0.2) is 53.8 Å². The minimum absolute atomic E-state index is 0.112. The number of carbonyl (C=O) groups is 1. The minimum Gasteiger partial charge on any atom is -0.369 e. The van der Waals surface area contributed by atoms with Crippen LogP contribution in [0.5, 0.6) is 0 Å². The van der Waals surface area contributed by atoms with E-state index in [1.165, 1.54) is 24.7 Å². The van der Waals surface area contributed by atoms with Gasteiger partial charge in [0.1, 0.15) is 34.3 Å². The van der Waals surface area contributed by atoms with Crippen molar-refractivity contribution in [3.05, 3.63) is 77.5 Å². The molecule has 0 aliphatic carbocycles. The number of hydrogen-bond acceptors (Lipinski definition) is 6. The van der Waals surface area contributed by atoms with Crippen molar-refractivity contribution in [2.45, 2.75) is 18.7 Å². The van der Waals surface area contributed by atoms with Crippen LogP contribution in [0.25, 0.3) is 11.0 Å². The van der Waals surface area contributed by atoms with Crippen molar-refractivity contribution in [1.29, 1.82) is 0 Å². The molecule has 0 aliphatic rings. The Bertz CT molecular complexity index is 1540. The maximum absolute atomic E-state index is 15.3. The lowest BCUT2D eigenvalue weighted by Crippen LogP contribution is -2.17. The largest absolute Gasteiger partial charge is 0.369 e. The van der Waals surface area contributed by atoms with Crippen LogP contribution < -0.4 is 10.0 Å². The first-order chi connectivity index (χ1) is 16.6. The highest BCUT2D eigenvalue weighted by Gasteiger charge is 2.28. The van der Waals surface area contributed by atoms with Crippen molar-refractivity contribution < 1.29 is 26.4 Å². The number of rotatable bonds is 8. The molecule has 0 atom stereocenters. The molecule has 0 saturated carbocycles. The van der Waals surface area contributed by atoms with Crippen LogP contribution in [0.3, 0.4) is 0 Å². The molecule has 4 rings (SSSR count). The van der Waals surface area contributed by atoms with Gasteiger partial charge in [-0.2, -0.15) is 0 Å². The monoisotopic (exact) mass is 503 g/mol. The molecular weight excluding hydrogens is 483 g/mol. The van der Waals surface area contributed by atoms with Gasteiger partial charge in [-0.15, -0.1) is 0 Å². The van der Waals surface area contributed by atoms with Crippen LogP contribution in [-0.2, 0) is 10.0 Å². The quantitative estimate of drug-likeness (QED) is 0.306. The minimum atomic E-state index is -4.57. The van der Waals surface area contributed by atoms with Gasteiger partial charge >= 0.3 is 0 Å². The van der Waals surface area contributed by atoms with Crippen LogP contribution in [0.1, 0.15) is 29.8 Å². The van der Waals surface area contributed by atoms with Crippen LogP contribution in [0.4, 0.5) is 24.7 Å². The van der Waals surface area contributed by atoms with Crippen molar-refractivity contribution in [2.24, 2.45) is 5.92 Å². The summed E-state index contributed by atoms with van der Waals surface area (Å²) < 4.78 is 71.1. The molecule has 2 aromatic heterocycles. The zero-order valence-electron chi connectivity index (χ0n) is 18.6. The topological polar surface area (TPSA) is 117 Å². The molecule has 0 amide bonds. The number of aromatic amines is 1. The molecule has 0 spiro atoms. The standard InChI is InChI=1S/C23H20F3N5O3S/c1-12(2)9-27-22-18-13(10-28-23(18)30-11-29-22)21(32)19-15(25)7-8-16(20(19)26)31-35(33,34)17-6-4-3-5-14(17)24/h3-8,10-12,31H,9H2,1-2H3,(H2,27,28,29,30). The molecule has 8 nitrogen and oxygen atoms in total. The summed E-state index contributed by atoms with van der Waals surface area (Å²) in [6, 6.07) is 6.06. The van der Waals surface area contributed by atoms with E-state index in [-0.39, 0.29) is 22.5 Å². The first-order valence-corrected chi connectivity index (χ1v) is 11.9. The lowest BCUT2D eigenvalue weighted by Gasteiger charge is -2.13. The van der Waals surface area contributed by atoms with E-state index in [1.807, 2.05) is 18.6 Å². The summed E-state index contributed by atoms with van der Waals surface area (Å²) >= 11 is 0. The number of aromatic nitrogens is 3. The molecular formula is C23H20F3N5O3S. The van der Waals surface area contributed by atoms with Gasteiger partial charge in [-0.05, 0) is 30.2 Å². The van der Waals surface area contributed by atoms with E-state index in [4.69, 9.17) is 0 Å². The summed E-state index contributed by atoms with van der Waals surface area (Å²) in [5.74, 6) is -4.22. The number of carbonyl (C=O) groups excluding carboxylic acids is 1. The molecule has 0 fully saturated rings. The SMILES string of the molecule is CC(C)CNc1ncnc2[nH]cc(C(=O)c3c(F)ccc(NS(=O)(=O)c4ccccc4F)c3F)c12. The molecule has 2 heterocycles. The van der Waals surface area contributed by atoms with E-state index >= 15 is 4.39 Å². The van der Waals surface area contributed by atoms with Gasteiger partial charge < -0.3 is 10.3 Å². The second-order valence-electron chi connectivity index (χ2n) is 8.07. The van der Waals surface area contributed by atoms with E-state index in [1.54, 1.807) is 0 Å². The number of hydrogen-bond donors (Lipinski definition) is 3. The highest BCUT2D eigenvalue weighted by molar-refractivity contribution is 7.92. The number of sulfonamides is 1. The van der Waals surface area contributed by atoms with Crippen LogP contribution in [0.2, 0.25) is 0 Å². The highest BCUT2D eigenvalue weighted by Crippen LogP contribution is 2.30. The van der Waals surface area contributed by atoms with Crippen molar-refractivity contribution in [3.63, 3.8) is 0 Å². The van der Waals surface area contributed by atoms with Gasteiger partial charge in [0.15, 0.2) is 5.82 Å². The first-order valence-electron chi connectivity index (χ1n) is 10.5. The molecule has 12 heteroatoms. The Morgan fingerprint density at radius 2 is 1.80 bits per heavy atom. The van der Waals surface area contributed by atoms with Gasteiger partial charge in [0.05, 0.1) is 22.2 Å². The molecule has 0 saturated heterocycles. The highest BCUT2D eigenvalue weighted by atomic mass is 32.2. The van der Waals surface area contributed by atoms with Crippen LogP contribution in [0, 0.1) is 23.4 Å². The average Bonchev–Trinajstić information content (AvgIpc) is 3.24. The van der Waals surface area contributed by atoms with E-state index < -0.39 is 49.4 Å². The van der Waals surface area contributed by atoms with Crippen LogP contribution in [-0.4, -0.2) is 35.7 Å². The van der Waals surface area contributed by atoms with E-state index in [0.29, 0.717) is 12.4 Å². The van der Waals surface area contributed by atoms with E-state index in [2.05, 4.69) is 20.3 Å². The molecule has 3 N–H and O–H groups in total. The number of anilines is 2. The number of nitrogens with one attached hydrogen (secondary N) is 3. The molecule has 4 aromatic rings. The smallest absolute Gasteiger partial charge is 0.264 e. The Hall–Kier alpha value is -3.93. The Labute approximate surface area is 198 Å². The van der Waals surface area contributed by atoms with Gasteiger partial charge in [0, 0.05) is 12.7 Å². The molecule has 2 aromatic carbocycles. The number of benzene rings is 2. The summed E-state index contributed by atoms with van der Waals surface area (Å²) in [6.45, 7) is 4.45. The third-order valence-electron chi connectivity index (χ3n) is 5.08. The predicted octanol–water partition coefficient (Wildman–Crippen LogP) is 4.47. The van der Waals surface area contributed by atoms with Gasteiger partial charge in [-0.25, -0.2) is 31.6 Å². The maximum Gasteiger partial charge on any atom is 0.264 e. The summed E-state index contributed by atoms with van der Waals surface area (Å²) in [7, 11) is -4.57. The fraction of sp³-hybridized carbons (Fsp3) is 0.174. The third kappa shape index (κ3) is 4.69. The van der Waals surface area contributed by atoms with Gasteiger partial charge in [-0.1, -0.05) is 26.0 Å². The molecule has 0 radical (unpaired) electrons. The fourth-order valence-corrected chi connectivity index (χ4v) is 4.55. The zero-order chi connectivity index (χ0) is 25.3. The lowest BCUT2D eigenvalue weighted by molar-refractivity contribution is 0.103. The number of halogens is 3. The van der Waals surface area contributed by atoms with Crippen molar-refractivity contribution in [2.75, 3.05) is 16.6 Å². The molecule has 0 bridgehead atoms. The molecule has 0 unspecified atom stereocenters. The predicted molar refractivity (Wildman–Crippen MR) is 124 cm³/mol. The average molecular weight is 504 g/mol. The van der Waals surface area contributed by atoms with Crippen molar-refractivity contribution >= 4 is 38.3 Å². The van der Waals surface area contributed by atoms with Crippen molar-refractivity contribution in [1.82, 2.24) is 15.0 Å². The number of fused-ring (bicyclic) bond motifs is 1. The Morgan fingerprint density at radius 3 is 2.51 bits per heavy atom. The second kappa shape index (κ2) is 9.37. The number of H-pyrrole nitrogens is 1. The normalized spacial score (nSPS) is 11.7. The Morgan fingerprint density at radius 1 is 1.06 bits per heavy atom. The summed E-state index contributed by atoms with van der Waals surface area (Å²) in [4.78, 5) is 23.5. The van der Waals surface area contributed by atoms with E-state index in [9.17, 15) is 22.0 Å². The van der Waals surface area contributed by atoms with Gasteiger partial charge in [0.25, 0.3) is 10.0 Å². The number of nitrogens with zero attached hydrogens (tertiary/aromatic N) is 2. The summed E-state index contributed by atoms with van der Waals surface area (Å²) in [5.41, 5.74) is -1.55. The van der Waals surface area contributed by atoms with Gasteiger partial charge in [-0.3, -0.25) is 9.52 Å². The fourth-order valence-electron chi connectivity index (χ4n) is 3.41. The summed E-state index contributed by atoms with van der Waals surface area (Å²) in [6.07, 6.45) is 2.52. The van der Waals surface area contributed by atoms with Gasteiger partial charge in [0.2, 0.25) is 5.78 Å². The molecule has 35 heavy (non-hydrogen) atoms. The summed E-state index contributed by atoms with van der Waals surface area (Å²) in [5, 5.41) is 3.31. The number of ketones is 1. The van der Waals surface area contributed by atoms with Crippen LogP contribution >= 0.6 is 0 Å². The lowest BCUT2D eigenvalue weighted by atomic mass is 10.0. The maximum atomic E-state index is 15.3. The molecule has 0 aliphatic heterocycles.